The maximum Gasteiger partial charge on any atom is 0.309 e. The summed E-state index contributed by atoms with van der Waals surface area (Å²) < 4.78 is 5.32. The van der Waals surface area contributed by atoms with Crippen LogP contribution in [0.5, 0.6) is 0 Å². The molecule has 2 aliphatic rings. The molecule has 0 heterocycles. The average Bonchev–Trinajstić information content (AvgIpc) is 1.93. The van der Waals surface area contributed by atoms with Gasteiger partial charge >= 0.3 is 11.9 Å². The highest BCUT2D eigenvalue weighted by molar-refractivity contribution is 5.75. The molecule has 0 unspecified atom stereocenters. The average molecular weight is 240 g/mol. The van der Waals surface area contributed by atoms with E-state index >= 15 is 0 Å². The largest absolute Gasteiger partial charge is 0.481 e. The van der Waals surface area contributed by atoms with E-state index in [1.165, 1.54) is 0 Å². The fraction of sp³-hybridized carbons (Fsp3) is 0.846. The van der Waals surface area contributed by atoms with Gasteiger partial charge in [0.05, 0.1) is 11.8 Å². The number of esters is 1. The van der Waals surface area contributed by atoms with E-state index in [9.17, 15) is 9.59 Å². The van der Waals surface area contributed by atoms with E-state index in [1.807, 2.05) is 20.8 Å². The van der Waals surface area contributed by atoms with Crippen molar-refractivity contribution in [3.8, 4) is 0 Å². The van der Waals surface area contributed by atoms with Crippen LogP contribution in [0.4, 0.5) is 0 Å². The molecule has 1 N–H and O–H groups in total. The lowest BCUT2D eigenvalue weighted by Gasteiger charge is -2.55. The van der Waals surface area contributed by atoms with Crippen LogP contribution in [-0.4, -0.2) is 22.6 Å². The Bertz CT molecular complexity index is 339. The van der Waals surface area contributed by atoms with E-state index < -0.39 is 11.6 Å². The number of hydrogen-bond donors (Lipinski definition) is 1. The molecule has 0 bridgehead atoms. The van der Waals surface area contributed by atoms with Crippen molar-refractivity contribution in [1.29, 1.82) is 0 Å². The molecule has 96 valence electrons. The van der Waals surface area contributed by atoms with Crippen LogP contribution < -0.4 is 0 Å². The number of ether oxygens (including phenoxy) is 1. The third-order valence-corrected chi connectivity index (χ3v) is 3.81. The summed E-state index contributed by atoms with van der Waals surface area (Å²) in [5, 5.41) is 8.82. The minimum absolute atomic E-state index is 0.0102. The number of carboxylic acids is 1. The van der Waals surface area contributed by atoms with Crippen LogP contribution in [0, 0.1) is 17.3 Å². The molecule has 0 amide bonds. The molecule has 0 aromatic carbocycles. The Morgan fingerprint density at radius 2 is 1.59 bits per heavy atom. The Balaban J connectivity index is 1.77. The number of carbonyl (C=O) groups excluding carboxylic acids is 1. The van der Waals surface area contributed by atoms with Gasteiger partial charge in [-0.1, -0.05) is 0 Å². The van der Waals surface area contributed by atoms with Crippen LogP contribution >= 0.6 is 0 Å². The number of carbonyl (C=O) groups is 2. The predicted molar refractivity (Wildman–Crippen MR) is 61.4 cm³/mol. The maximum absolute atomic E-state index is 11.7. The molecule has 1 spiro atoms. The fourth-order valence-corrected chi connectivity index (χ4v) is 3.03. The normalized spacial score (nSPS) is 35.9. The third kappa shape index (κ3) is 2.45. The van der Waals surface area contributed by atoms with Crippen LogP contribution in [0.2, 0.25) is 0 Å². The Morgan fingerprint density at radius 1 is 1.12 bits per heavy atom. The molecule has 4 nitrogen and oxygen atoms in total. The summed E-state index contributed by atoms with van der Waals surface area (Å²) in [7, 11) is 0. The Hall–Kier alpha value is -1.06. The summed E-state index contributed by atoms with van der Waals surface area (Å²) in [4.78, 5) is 22.5. The predicted octanol–water partition coefficient (Wildman–Crippen LogP) is 2.22. The summed E-state index contributed by atoms with van der Waals surface area (Å²) >= 11 is 0. The Morgan fingerprint density at radius 3 is 2.00 bits per heavy atom. The molecule has 17 heavy (non-hydrogen) atoms. The lowest BCUT2D eigenvalue weighted by Crippen LogP contribution is -2.52. The van der Waals surface area contributed by atoms with Gasteiger partial charge in [0.25, 0.3) is 0 Å². The van der Waals surface area contributed by atoms with Crippen LogP contribution in [0.25, 0.3) is 0 Å². The highest BCUT2D eigenvalue weighted by Crippen LogP contribution is 2.61. The quantitative estimate of drug-likeness (QED) is 0.752. The fourth-order valence-electron chi connectivity index (χ4n) is 3.03. The second kappa shape index (κ2) is 3.72. The zero-order valence-corrected chi connectivity index (χ0v) is 10.7. The van der Waals surface area contributed by atoms with Gasteiger partial charge in [0.2, 0.25) is 0 Å². The number of aliphatic carboxylic acids is 1. The van der Waals surface area contributed by atoms with E-state index in [-0.39, 0.29) is 23.2 Å². The number of carboxylic acid groups (broad SMARTS) is 1. The first kappa shape index (κ1) is 12.4. The van der Waals surface area contributed by atoms with E-state index in [4.69, 9.17) is 9.84 Å². The van der Waals surface area contributed by atoms with Gasteiger partial charge < -0.3 is 9.84 Å². The lowest BCUT2D eigenvalue weighted by atomic mass is 9.48. The van der Waals surface area contributed by atoms with Crippen molar-refractivity contribution in [2.75, 3.05) is 0 Å². The first-order valence-corrected chi connectivity index (χ1v) is 6.16. The molecule has 2 rings (SSSR count). The van der Waals surface area contributed by atoms with E-state index in [0.29, 0.717) is 0 Å². The summed E-state index contributed by atoms with van der Waals surface area (Å²) in [5.41, 5.74) is -0.284. The molecule has 0 aromatic rings. The highest BCUT2D eigenvalue weighted by Gasteiger charge is 2.57. The lowest BCUT2D eigenvalue weighted by molar-refractivity contribution is -0.179. The van der Waals surface area contributed by atoms with Gasteiger partial charge in [0.15, 0.2) is 0 Å². The number of hydrogen-bond acceptors (Lipinski definition) is 3. The van der Waals surface area contributed by atoms with Crippen molar-refractivity contribution in [3.63, 3.8) is 0 Å². The highest BCUT2D eigenvalue weighted by atomic mass is 16.6. The molecule has 0 radical (unpaired) electrons. The standard InChI is InChI=1S/C13H20O4/c1-12(2,3)17-11(16)9-6-13(7-9)4-8(5-13)10(14)15/h8-9H,4-7H2,1-3H3,(H,14,15). The van der Waals surface area contributed by atoms with Crippen LogP contribution in [-0.2, 0) is 14.3 Å². The van der Waals surface area contributed by atoms with Gasteiger partial charge in [-0.3, -0.25) is 9.59 Å². The van der Waals surface area contributed by atoms with Gasteiger partial charge in [0.1, 0.15) is 5.60 Å². The summed E-state index contributed by atoms with van der Waals surface area (Å²) in [6.07, 6.45) is 3.10. The van der Waals surface area contributed by atoms with Gasteiger partial charge in [-0.05, 0) is 51.9 Å². The molecule has 0 atom stereocenters. The van der Waals surface area contributed by atoms with Gasteiger partial charge in [-0.15, -0.1) is 0 Å². The molecule has 0 aromatic heterocycles. The Kier molecular flexibility index (Phi) is 2.71. The van der Waals surface area contributed by atoms with Crippen molar-refractivity contribution in [2.45, 2.75) is 52.1 Å². The molecule has 4 heteroatoms. The monoisotopic (exact) mass is 240 g/mol. The zero-order chi connectivity index (χ0) is 12.8. The summed E-state index contributed by atoms with van der Waals surface area (Å²) in [5.74, 6) is -1.02. The minimum Gasteiger partial charge on any atom is -0.481 e. The molecule has 0 aliphatic heterocycles. The molecule has 2 fully saturated rings. The van der Waals surface area contributed by atoms with E-state index in [2.05, 4.69) is 0 Å². The van der Waals surface area contributed by atoms with E-state index in [1.54, 1.807) is 0 Å². The molecule has 0 saturated heterocycles. The SMILES string of the molecule is CC(C)(C)OC(=O)C1CC2(CC(C(=O)O)C2)C1. The summed E-state index contributed by atoms with van der Waals surface area (Å²) in [6, 6.07) is 0. The number of rotatable bonds is 2. The second-order valence-corrected chi connectivity index (χ2v) is 6.58. The van der Waals surface area contributed by atoms with Crippen LogP contribution in [0.1, 0.15) is 46.5 Å². The first-order valence-electron chi connectivity index (χ1n) is 6.16. The van der Waals surface area contributed by atoms with Gasteiger partial charge in [0, 0.05) is 0 Å². The maximum atomic E-state index is 11.7. The Labute approximate surface area is 101 Å². The summed E-state index contributed by atoms with van der Waals surface area (Å²) in [6.45, 7) is 5.59. The van der Waals surface area contributed by atoms with Crippen molar-refractivity contribution in [2.24, 2.45) is 17.3 Å². The van der Waals surface area contributed by atoms with Gasteiger partial charge in [-0.25, -0.2) is 0 Å². The van der Waals surface area contributed by atoms with Crippen LogP contribution in [0.15, 0.2) is 0 Å². The molecular weight excluding hydrogens is 220 g/mol. The molecule has 2 aliphatic carbocycles. The van der Waals surface area contributed by atoms with Crippen molar-refractivity contribution in [1.82, 2.24) is 0 Å². The molecular formula is C13H20O4. The third-order valence-electron chi connectivity index (χ3n) is 3.81. The van der Waals surface area contributed by atoms with Gasteiger partial charge in [-0.2, -0.15) is 0 Å². The molecule has 2 saturated carbocycles. The zero-order valence-electron chi connectivity index (χ0n) is 10.7. The van der Waals surface area contributed by atoms with E-state index in [0.717, 1.165) is 25.7 Å². The smallest absolute Gasteiger partial charge is 0.309 e. The van der Waals surface area contributed by atoms with Crippen molar-refractivity contribution in [3.05, 3.63) is 0 Å². The van der Waals surface area contributed by atoms with Crippen LogP contribution in [0.3, 0.4) is 0 Å². The first-order chi connectivity index (χ1) is 7.71. The minimum atomic E-state index is -0.698. The second-order valence-electron chi connectivity index (χ2n) is 6.58. The van der Waals surface area contributed by atoms with Crippen molar-refractivity contribution >= 4 is 11.9 Å². The topological polar surface area (TPSA) is 63.6 Å². The van der Waals surface area contributed by atoms with Crippen molar-refractivity contribution < 1.29 is 19.4 Å².